The van der Waals surface area contributed by atoms with Crippen LogP contribution in [0.15, 0.2) is 29.4 Å². The zero-order valence-electron chi connectivity index (χ0n) is 15.1. The van der Waals surface area contributed by atoms with Gasteiger partial charge in [-0.15, -0.1) is 10.2 Å². The van der Waals surface area contributed by atoms with E-state index < -0.39 is 0 Å². The van der Waals surface area contributed by atoms with Crippen LogP contribution < -0.4 is 5.32 Å². The van der Waals surface area contributed by atoms with E-state index in [1.807, 2.05) is 26.0 Å². The highest BCUT2D eigenvalue weighted by molar-refractivity contribution is 7.99. The highest BCUT2D eigenvalue weighted by Gasteiger charge is 2.19. The van der Waals surface area contributed by atoms with Crippen LogP contribution in [-0.4, -0.2) is 32.0 Å². The number of nitrogens with zero attached hydrogens (tertiary/aromatic N) is 3. The molecule has 2 aromatic rings. The lowest BCUT2D eigenvalue weighted by molar-refractivity contribution is -0.120. The monoisotopic (exact) mass is 346 g/mol. The quantitative estimate of drug-likeness (QED) is 0.777. The molecule has 1 amide bonds. The van der Waals surface area contributed by atoms with Crippen molar-refractivity contribution in [2.24, 2.45) is 0 Å². The van der Waals surface area contributed by atoms with Crippen molar-refractivity contribution in [3.8, 4) is 11.4 Å². The van der Waals surface area contributed by atoms with Gasteiger partial charge in [0.2, 0.25) is 5.91 Å². The standard InChI is InChI=1S/C18H26N4OS/c1-6-18(4,5)19-15(23)12-24-17-21-20-16(22(17)7-2)14-10-8-9-13(3)11-14/h8-11H,6-7,12H2,1-5H3,(H,19,23). The Hall–Kier alpha value is -1.82. The normalized spacial score (nSPS) is 11.5. The van der Waals surface area contributed by atoms with Crippen molar-refractivity contribution in [2.75, 3.05) is 5.75 Å². The molecule has 1 N–H and O–H groups in total. The fourth-order valence-corrected chi connectivity index (χ4v) is 3.11. The van der Waals surface area contributed by atoms with Crippen molar-refractivity contribution in [3.63, 3.8) is 0 Å². The van der Waals surface area contributed by atoms with Gasteiger partial charge in [0, 0.05) is 17.6 Å². The maximum atomic E-state index is 12.1. The predicted octanol–water partition coefficient (Wildman–Crippen LogP) is 3.67. The van der Waals surface area contributed by atoms with E-state index in [1.165, 1.54) is 17.3 Å². The summed E-state index contributed by atoms with van der Waals surface area (Å²) in [6.07, 6.45) is 0.895. The van der Waals surface area contributed by atoms with Gasteiger partial charge in [-0.3, -0.25) is 4.79 Å². The van der Waals surface area contributed by atoms with Gasteiger partial charge in [-0.05, 0) is 40.2 Å². The summed E-state index contributed by atoms with van der Waals surface area (Å²) >= 11 is 1.43. The number of nitrogens with one attached hydrogen (secondary N) is 1. The Bertz CT molecular complexity index is 709. The lowest BCUT2D eigenvalue weighted by Crippen LogP contribution is -2.43. The number of carbonyl (C=O) groups is 1. The molecule has 2 rings (SSSR count). The van der Waals surface area contributed by atoms with Crippen LogP contribution in [0.2, 0.25) is 0 Å². The Morgan fingerprint density at radius 1 is 1.29 bits per heavy atom. The van der Waals surface area contributed by atoms with Crippen LogP contribution >= 0.6 is 11.8 Å². The van der Waals surface area contributed by atoms with Gasteiger partial charge in [0.05, 0.1) is 5.75 Å². The third-order valence-corrected chi connectivity index (χ3v) is 4.97. The minimum Gasteiger partial charge on any atom is -0.351 e. The first-order chi connectivity index (χ1) is 11.4. The first-order valence-corrected chi connectivity index (χ1v) is 9.29. The molecule has 0 atom stereocenters. The Morgan fingerprint density at radius 2 is 2.04 bits per heavy atom. The highest BCUT2D eigenvalue weighted by atomic mass is 32.2. The molecule has 0 saturated heterocycles. The van der Waals surface area contributed by atoms with E-state index in [0.717, 1.165) is 29.5 Å². The molecule has 0 bridgehead atoms. The molecule has 0 unspecified atom stereocenters. The van der Waals surface area contributed by atoms with Crippen molar-refractivity contribution in [1.29, 1.82) is 0 Å². The highest BCUT2D eigenvalue weighted by Crippen LogP contribution is 2.24. The van der Waals surface area contributed by atoms with Crippen LogP contribution in [0.4, 0.5) is 0 Å². The molecule has 0 radical (unpaired) electrons. The molecule has 6 heteroatoms. The summed E-state index contributed by atoms with van der Waals surface area (Å²) in [4.78, 5) is 12.1. The molecule has 0 aliphatic heterocycles. The van der Waals surface area contributed by atoms with E-state index in [1.54, 1.807) is 0 Å². The number of amides is 1. The maximum absolute atomic E-state index is 12.1. The SMILES string of the molecule is CCn1c(SCC(=O)NC(C)(C)CC)nnc1-c1cccc(C)c1. The lowest BCUT2D eigenvalue weighted by atomic mass is 10.0. The second-order valence-corrected chi connectivity index (χ2v) is 7.44. The van der Waals surface area contributed by atoms with Crippen LogP contribution in [0.25, 0.3) is 11.4 Å². The minimum atomic E-state index is -0.178. The van der Waals surface area contributed by atoms with Crippen molar-refractivity contribution in [1.82, 2.24) is 20.1 Å². The van der Waals surface area contributed by atoms with Crippen LogP contribution in [0.3, 0.4) is 0 Å². The Balaban J connectivity index is 2.11. The van der Waals surface area contributed by atoms with Gasteiger partial charge < -0.3 is 9.88 Å². The lowest BCUT2D eigenvalue weighted by Gasteiger charge is -2.24. The predicted molar refractivity (Wildman–Crippen MR) is 99.1 cm³/mol. The average Bonchev–Trinajstić information content (AvgIpc) is 2.95. The first-order valence-electron chi connectivity index (χ1n) is 8.30. The minimum absolute atomic E-state index is 0.0228. The third kappa shape index (κ3) is 4.60. The summed E-state index contributed by atoms with van der Waals surface area (Å²) in [5.74, 6) is 1.21. The van der Waals surface area contributed by atoms with Crippen molar-refractivity contribution in [3.05, 3.63) is 29.8 Å². The largest absolute Gasteiger partial charge is 0.351 e. The van der Waals surface area contributed by atoms with E-state index in [-0.39, 0.29) is 11.4 Å². The summed E-state index contributed by atoms with van der Waals surface area (Å²) in [5, 5.41) is 12.4. The average molecular weight is 347 g/mol. The van der Waals surface area contributed by atoms with Crippen molar-refractivity contribution in [2.45, 2.75) is 58.3 Å². The third-order valence-electron chi connectivity index (χ3n) is 4.00. The second-order valence-electron chi connectivity index (χ2n) is 6.49. The molecule has 5 nitrogen and oxygen atoms in total. The fraction of sp³-hybridized carbons (Fsp3) is 0.500. The van der Waals surface area contributed by atoms with E-state index in [9.17, 15) is 4.79 Å². The molecule has 24 heavy (non-hydrogen) atoms. The Kier molecular flexibility index (Phi) is 6.04. The van der Waals surface area contributed by atoms with Gasteiger partial charge in [0.1, 0.15) is 0 Å². The number of benzene rings is 1. The van der Waals surface area contributed by atoms with E-state index in [4.69, 9.17) is 0 Å². The zero-order valence-corrected chi connectivity index (χ0v) is 15.9. The number of rotatable bonds is 7. The van der Waals surface area contributed by atoms with Gasteiger partial charge in [0.25, 0.3) is 0 Å². The molecule has 0 fully saturated rings. The molecular formula is C18H26N4OS. The van der Waals surface area contributed by atoms with Crippen molar-refractivity contribution < 1.29 is 4.79 Å². The van der Waals surface area contributed by atoms with Crippen LogP contribution in [0.1, 0.15) is 39.7 Å². The summed E-state index contributed by atoms with van der Waals surface area (Å²) in [7, 11) is 0. The molecule has 0 saturated carbocycles. The van der Waals surface area contributed by atoms with E-state index in [2.05, 4.69) is 53.0 Å². The molecule has 0 aliphatic carbocycles. The number of hydrogen-bond acceptors (Lipinski definition) is 4. The number of hydrogen-bond donors (Lipinski definition) is 1. The molecule has 1 aromatic heterocycles. The zero-order chi connectivity index (χ0) is 17.7. The molecular weight excluding hydrogens is 320 g/mol. The van der Waals surface area contributed by atoms with Crippen LogP contribution in [0, 0.1) is 6.92 Å². The summed E-state index contributed by atoms with van der Waals surface area (Å²) in [5.41, 5.74) is 2.06. The van der Waals surface area contributed by atoms with E-state index >= 15 is 0 Å². The Labute approximate surface area is 148 Å². The number of carbonyl (C=O) groups excluding carboxylic acids is 1. The van der Waals surface area contributed by atoms with Crippen molar-refractivity contribution >= 4 is 17.7 Å². The molecule has 0 spiro atoms. The van der Waals surface area contributed by atoms with Gasteiger partial charge in [0.15, 0.2) is 11.0 Å². The fourth-order valence-electron chi connectivity index (χ4n) is 2.31. The molecule has 0 aliphatic rings. The summed E-state index contributed by atoms with van der Waals surface area (Å²) in [6.45, 7) is 11.0. The number of aryl methyl sites for hydroxylation is 1. The topological polar surface area (TPSA) is 59.8 Å². The summed E-state index contributed by atoms with van der Waals surface area (Å²) < 4.78 is 2.05. The maximum Gasteiger partial charge on any atom is 0.230 e. The Morgan fingerprint density at radius 3 is 2.67 bits per heavy atom. The van der Waals surface area contributed by atoms with Gasteiger partial charge in [-0.2, -0.15) is 0 Å². The molecule has 1 heterocycles. The smallest absolute Gasteiger partial charge is 0.230 e. The van der Waals surface area contributed by atoms with E-state index in [0.29, 0.717) is 5.75 Å². The van der Waals surface area contributed by atoms with Crippen LogP contribution in [0.5, 0.6) is 0 Å². The van der Waals surface area contributed by atoms with Gasteiger partial charge in [-0.1, -0.05) is 42.4 Å². The van der Waals surface area contributed by atoms with Gasteiger partial charge >= 0.3 is 0 Å². The first kappa shape index (κ1) is 18.5. The number of thioether (sulfide) groups is 1. The second kappa shape index (κ2) is 7.83. The van der Waals surface area contributed by atoms with Crippen LogP contribution in [-0.2, 0) is 11.3 Å². The van der Waals surface area contributed by atoms with Gasteiger partial charge in [-0.25, -0.2) is 0 Å². The number of aromatic nitrogens is 3. The summed E-state index contributed by atoms with van der Waals surface area (Å²) in [6, 6.07) is 8.22. The molecule has 130 valence electrons. The molecule has 1 aromatic carbocycles.